The second kappa shape index (κ2) is 8.08. The van der Waals surface area contributed by atoms with Crippen LogP contribution in [0.4, 0.5) is 5.69 Å². The molecule has 3 nitrogen and oxygen atoms in total. The summed E-state index contributed by atoms with van der Waals surface area (Å²) >= 11 is 0. The molecule has 3 rings (SSSR count). The Bertz CT molecular complexity index is 980. The number of rotatable bonds is 5. The van der Waals surface area contributed by atoms with Crippen LogP contribution in [0.2, 0.25) is 0 Å². The van der Waals surface area contributed by atoms with Crippen molar-refractivity contribution in [3.05, 3.63) is 83.9 Å². The summed E-state index contributed by atoms with van der Waals surface area (Å²) < 4.78 is 16.7. The molecular formula is C25H30NO2P. The molecule has 0 amide bonds. The molecule has 0 fully saturated rings. The highest BCUT2D eigenvalue weighted by Crippen LogP contribution is 2.53. The molecule has 0 bridgehead atoms. The van der Waals surface area contributed by atoms with Crippen LogP contribution < -0.4 is 15.3 Å². The molecule has 0 aliphatic rings. The Morgan fingerprint density at radius 3 is 1.79 bits per heavy atom. The number of hydrogen-bond acceptors (Lipinski definition) is 2. The van der Waals surface area contributed by atoms with Crippen molar-refractivity contribution in [3.63, 3.8) is 0 Å². The van der Waals surface area contributed by atoms with Gasteiger partial charge in [-0.2, -0.15) is 0 Å². The van der Waals surface area contributed by atoms with Crippen molar-refractivity contribution < 1.29 is 9.67 Å². The van der Waals surface area contributed by atoms with Gasteiger partial charge in [-0.3, -0.25) is 4.57 Å². The third-order valence-electron chi connectivity index (χ3n) is 5.17. The van der Waals surface area contributed by atoms with Crippen molar-refractivity contribution in [1.29, 1.82) is 0 Å². The molecule has 29 heavy (non-hydrogen) atoms. The first kappa shape index (κ1) is 21.2. The van der Waals surface area contributed by atoms with Crippen LogP contribution >= 0.6 is 7.29 Å². The molecule has 0 saturated carbocycles. The lowest BCUT2D eigenvalue weighted by atomic mass is 9.85. The topological polar surface area (TPSA) is 40.5 Å². The Labute approximate surface area is 174 Å². The van der Waals surface area contributed by atoms with Gasteiger partial charge in [-0.05, 0) is 55.2 Å². The average Bonchev–Trinajstić information content (AvgIpc) is 2.71. The van der Waals surface area contributed by atoms with Crippen molar-refractivity contribution in [2.24, 2.45) is 0 Å². The summed E-state index contributed by atoms with van der Waals surface area (Å²) in [6.07, 6.45) is 0. The summed E-state index contributed by atoms with van der Waals surface area (Å²) in [7, 11) is -3.20. The minimum Gasteiger partial charge on any atom is -0.505 e. The predicted molar refractivity (Wildman–Crippen MR) is 124 cm³/mol. The lowest BCUT2D eigenvalue weighted by Crippen LogP contribution is -2.32. The largest absolute Gasteiger partial charge is 0.505 e. The maximum Gasteiger partial charge on any atom is 0.229 e. The normalized spacial score (nSPS) is 12.0. The van der Waals surface area contributed by atoms with E-state index in [0.717, 1.165) is 21.7 Å². The zero-order valence-corrected chi connectivity index (χ0v) is 18.8. The molecule has 152 valence electrons. The van der Waals surface area contributed by atoms with Crippen molar-refractivity contribution >= 4 is 23.6 Å². The smallest absolute Gasteiger partial charge is 0.229 e. The molecule has 0 aliphatic carbocycles. The Morgan fingerprint density at radius 2 is 1.38 bits per heavy atom. The molecule has 3 aromatic rings. The molecule has 0 spiro atoms. The van der Waals surface area contributed by atoms with Crippen LogP contribution in [0.25, 0.3) is 0 Å². The van der Waals surface area contributed by atoms with E-state index in [0.29, 0.717) is 12.2 Å². The number of nitrogens with zero attached hydrogens (tertiary/aromatic N) is 1. The van der Waals surface area contributed by atoms with E-state index < -0.39 is 7.29 Å². The lowest BCUT2D eigenvalue weighted by Gasteiger charge is -2.35. The van der Waals surface area contributed by atoms with Gasteiger partial charge in [0.05, 0.1) is 5.69 Å². The van der Waals surface area contributed by atoms with E-state index in [9.17, 15) is 9.67 Å². The molecule has 0 unspecified atom stereocenters. The Kier molecular flexibility index (Phi) is 5.91. The minimum atomic E-state index is -3.20. The van der Waals surface area contributed by atoms with Crippen LogP contribution in [0.3, 0.4) is 0 Å². The van der Waals surface area contributed by atoms with E-state index in [2.05, 4.69) is 20.8 Å². The summed E-state index contributed by atoms with van der Waals surface area (Å²) in [5.41, 5.74) is 2.29. The molecule has 1 N–H and O–H groups in total. The van der Waals surface area contributed by atoms with Gasteiger partial charge in [0.25, 0.3) is 0 Å². The van der Waals surface area contributed by atoms with Crippen molar-refractivity contribution in [3.8, 4) is 5.75 Å². The van der Waals surface area contributed by atoms with Gasteiger partial charge in [-0.15, -0.1) is 0 Å². The molecule has 0 aliphatic heterocycles. The van der Waals surface area contributed by atoms with Gasteiger partial charge in [0.15, 0.2) is 0 Å². The lowest BCUT2D eigenvalue weighted by molar-refractivity contribution is 0.447. The van der Waals surface area contributed by atoms with E-state index in [1.165, 1.54) is 0 Å². The summed E-state index contributed by atoms with van der Waals surface area (Å²) in [6.45, 7) is 10.7. The van der Waals surface area contributed by atoms with E-state index in [1.54, 1.807) is 0 Å². The first-order valence-electron chi connectivity index (χ1n) is 10.0. The third kappa shape index (κ3) is 3.97. The highest BCUT2D eigenvalue weighted by Gasteiger charge is 2.36. The van der Waals surface area contributed by atoms with Gasteiger partial charge < -0.3 is 9.78 Å². The van der Waals surface area contributed by atoms with Crippen LogP contribution in [0.15, 0.2) is 72.8 Å². The maximum atomic E-state index is 14.8. The second-order valence-corrected chi connectivity index (χ2v) is 11.1. The van der Waals surface area contributed by atoms with Gasteiger partial charge in [-0.1, -0.05) is 63.2 Å². The first-order chi connectivity index (χ1) is 13.7. The molecule has 0 saturated heterocycles. The molecule has 0 radical (unpaired) electrons. The quantitative estimate of drug-likeness (QED) is 0.547. The van der Waals surface area contributed by atoms with Gasteiger partial charge in [-0.25, -0.2) is 0 Å². The van der Waals surface area contributed by atoms with Gasteiger partial charge in [0, 0.05) is 22.7 Å². The van der Waals surface area contributed by atoms with E-state index in [4.69, 9.17) is 0 Å². The highest BCUT2D eigenvalue weighted by atomic mass is 31.2. The SMILES string of the molecule is CCN(c1cc(C)cc(C(C)(C)C)c1O)P(=O)(c1ccccc1)c1ccccc1. The zero-order chi connectivity index (χ0) is 21.2. The fraction of sp³-hybridized carbons (Fsp3) is 0.280. The highest BCUT2D eigenvalue weighted by molar-refractivity contribution is 7.80. The van der Waals surface area contributed by atoms with Crippen LogP contribution in [0.5, 0.6) is 5.75 Å². The van der Waals surface area contributed by atoms with Gasteiger partial charge in [0.2, 0.25) is 7.29 Å². The predicted octanol–water partition coefficient (Wildman–Crippen LogP) is 5.75. The number of benzene rings is 3. The van der Waals surface area contributed by atoms with Crippen LogP contribution in [0.1, 0.15) is 38.8 Å². The summed E-state index contributed by atoms with van der Waals surface area (Å²) in [4.78, 5) is 0. The summed E-state index contributed by atoms with van der Waals surface area (Å²) in [6, 6.07) is 23.1. The van der Waals surface area contributed by atoms with Crippen LogP contribution in [-0.4, -0.2) is 11.7 Å². The van der Waals surface area contributed by atoms with Crippen molar-refractivity contribution in [1.82, 2.24) is 0 Å². The van der Waals surface area contributed by atoms with Crippen LogP contribution in [-0.2, 0) is 9.98 Å². The number of aryl methyl sites for hydroxylation is 1. The zero-order valence-electron chi connectivity index (χ0n) is 17.9. The molecule has 3 aromatic carbocycles. The Balaban J connectivity index is 2.32. The van der Waals surface area contributed by atoms with E-state index in [1.807, 2.05) is 91.3 Å². The molecule has 0 atom stereocenters. The van der Waals surface area contributed by atoms with E-state index >= 15 is 0 Å². The number of hydrogen-bond donors (Lipinski definition) is 1. The summed E-state index contributed by atoms with van der Waals surface area (Å²) in [5, 5.41) is 12.8. The standard InChI is InChI=1S/C25H30NO2P/c1-6-26(23-18-19(2)17-22(24(23)27)25(3,4)5)29(28,20-13-9-7-10-14-20)21-15-11-8-12-16-21/h7-18,27H,6H2,1-5H3. The fourth-order valence-electron chi connectivity index (χ4n) is 3.74. The Morgan fingerprint density at radius 1 is 0.897 bits per heavy atom. The van der Waals surface area contributed by atoms with Gasteiger partial charge in [0.1, 0.15) is 5.75 Å². The molecular weight excluding hydrogens is 377 g/mol. The van der Waals surface area contributed by atoms with Crippen LogP contribution in [0, 0.1) is 6.92 Å². The minimum absolute atomic E-state index is 0.206. The maximum absolute atomic E-state index is 14.8. The third-order valence-corrected chi connectivity index (χ3v) is 8.35. The number of aromatic hydroxyl groups is 1. The number of anilines is 1. The average molecular weight is 407 g/mol. The van der Waals surface area contributed by atoms with Gasteiger partial charge >= 0.3 is 0 Å². The van der Waals surface area contributed by atoms with E-state index in [-0.39, 0.29) is 11.2 Å². The Hall–Kier alpha value is -2.51. The molecule has 0 aromatic heterocycles. The van der Waals surface area contributed by atoms with Crippen molar-refractivity contribution in [2.45, 2.75) is 40.0 Å². The van der Waals surface area contributed by atoms with Crippen molar-refractivity contribution in [2.75, 3.05) is 11.2 Å². The molecule has 0 heterocycles. The summed E-state index contributed by atoms with van der Waals surface area (Å²) in [5.74, 6) is 0.206. The second-order valence-electron chi connectivity index (χ2n) is 8.39. The first-order valence-corrected chi connectivity index (χ1v) is 11.7. The monoisotopic (exact) mass is 407 g/mol. The number of phenolic OH excluding ortho intramolecular Hbond substituents is 1. The fourth-order valence-corrected chi connectivity index (χ4v) is 6.60. The number of phenols is 1. The molecule has 4 heteroatoms.